The Morgan fingerprint density at radius 2 is 1.85 bits per heavy atom. The van der Waals surface area contributed by atoms with E-state index < -0.39 is 10.0 Å². The molecule has 0 radical (unpaired) electrons. The number of unbranched alkanes of at least 4 members (excludes halogenated alkanes) is 1. The van der Waals surface area contributed by atoms with Gasteiger partial charge in [0.15, 0.2) is 0 Å². The lowest BCUT2D eigenvalue weighted by molar-refractivity contribution is 0.578. The summed E-state index contributed by atoms with van der Waals surface area (Å²) >= 11 is 1.78. The van der Waals surface area contributed by atoms with Crippen LogP contribution in [0.5, 0.6) is 0 Å². The Balaban J connectivity index is 2.50. The fraction of sp³-hybridized carbons (Fsp3) is 0.571. The number of sulfonamides is 1. The van der Waals surface area contributed by atoms with E-state index in [1.165, 1.54) is 0 Å². The predicted molar refractivity (Wildman–Crippen MR) is 86.6 cm³/mol. The molecule has 1 aromatic carbocycles. The van der Waals surface area contributed by atoms with Gasteiger partial charge in [0.25, 0.3) is 0 Å². The van der Waals surface area contributed by atoms with Crippen LogP contribution in [0.3, 0.4) is 0 Å². The van der Waals surface area contributed by atoms with Crippen molar-refractivity contribution < 1.29 is 8.42 Å². The van der Waals surface area contributed by atoms with Gasteiger partial charge in [-0.3, -0.25) is 0 Å². The summed E-state index contributed by atoms with van der Waals surface area (Å²) in [5.74, 6) is 1.07. The molecule has 0 bridgehead atoms. The molecule has 0 saturated heterocycles. The molecule has 0 aromatic heterocycles. The van der Waals surface area contributed by atoms with E-state index in [1.807, 2.05) is 12.1 Å². The second-order valence-electron chi connectivity index (χ2n) is 4.63. The van der Waals surface area contributed by atoms with Crippen LogP contribution in [0.25, 0.3) is 0 Å². The Morgan fingerprint density at radius 1 is 1.15 bits per heavy atom. The van der Waals surface area contributed by atoms with Gasteiger partial charge in [-0.25, -0.2) is 13.1 Å². The zero-order chi connectivity index (χ0) is 14.8. The van der Waals surface area contributed by atoms with Gasteiger partial charge >= 0.3 is 0 Å². The number of thioether (sulfide) groups is 1. The van der Waals surface area contributed by atoms with E-state index in [-0.39, 0.29) is 0 Å². The first kappa shape index (κ1) is 17.5. The van der Waals surface area contributed by atoms with E-state index in [0.29, 0.717) is 18.0 Å². The standard InChI is InChI=1S/C14H24N2O2S2/c1-19-12-3-2-11-16-20(17,18)14-8-6-13(7-9-14)5-4-10-15/h6-9,16H,2-5,10-12,15H2,1H3. The topological polar surface area (TPSA) is 72.2 Å². The second kappa shape index (κ2) is 9.39. The van der Waals surface area contributed by atoms with E-state index in [9.17, 15) is 8.42 Å². The lowest BCUT2D eigenvalue weighted by atomic mass is 10.1. The molecule has 114 valence electrons. The molecule has 0 atom stereocenters. The van der Waals surface area contributed by atoms with Gasteiger partial charge in [-0.15, -0.1) is 0 Å². The van der Waals surface area contributed by atoms with E-state index in [1.54, 1.807) is 23.9 Å². The Bertz CT molecular complexity index is 472. The van der Waals surface area contributed by atoms with Gasteiger partial charge in [0, 0.05) is 6.54 Å². The summed E-state index contributed by atoms with van der Waals surface area (Å²) in [5, 5.41) is 0. The highest BCUT2D eigenvalue weighted by molar-refractivity contribution is 7.98. The third-order valence-corrected chi connectivity index (χ3v) is 5.14. The number of hydrogen-bond donors (Lipinski definition) is 2. The van der Waals surface area contributed by atoms with E-state index in [4.69, 9.17) is 5.73 Å². The first-order chi connectivity index (χ1) is 9.60. The zero-order valence-corrected chi connectivity index (χ0v) is 13.6. The maximum atomic E-state index is 12.1. The molecule has 3 N–H and O–H groups in total. The predicted octanol–water partition coefficient (Wildman–Crippen LogP) is 2.00. The highest BCUT2D eigenvalue weighted by Gasteiger charge is 2.12. The molecule has 0 aliphatic heterocycles. The van der Waals surface area contributed by atoms with Gasteiger partial charge in [-0.05, 0) is 61.9 Å². The summed E-state index contributed by atoms with van der Waals surface area (Å²) in [7, 11) is -3.37. The zero-order valence-electron chi connectivity index (χ0n) is 12.0. The van der Waals surface area contributed by atoms with Crippen LogP contribution in [-0.4, -0.2) is 33.5 Å². The smallest absolute Gasteiger partial charge is 0.240 e. The molecule has 0 unspecified atom stereocenters. The van der Waals surface area contributed by atoms with Crippen LogP contribution < -0.4 is 10.5 Å². The first-order valence-corrected chi connectivity index (χ1v) is 9.75. The van der Waals surface area contributed by atoms with Crippen molar-refractivity contribution in [2.45, 2.75) is 30.6 Å². The van der Waals surface area contributed by atoms with Gasteiger partial charge in [0.1, 0.15) is 0 Å². The van der Waals surface area contributed by atoms with Crippen LogP contribution >= 0.6 is 11.8 Å². The molecule has 0 spiro atoms. The van der Waals surface area contributed by atoms with Crippen LogP contribution in [0.4, 0.5) is 0 Å². The van der Waals surface area contributed by atoms with Crippen LogP contribution in [0.1, 0.15) is 24.8 Å². The Labute approximate surface area is 126 Å². The maximum absolute atomic E-state index is 12.1. The molecule has 0 amide bonds. The van der Waals surface area contributed by atoms with Crippen molar-refractivity contribution >= 4 is 21.8 Å². The number of rotatable bonds is 10. The van der Waals surface area contributed by atoms with Crippen LogP contribution in [0.15, 0.2) is 29.2 Å². The SMILES string of the molecule is CSCCCCNS(=O)(=O)c1ccc(CCCN)cc1. The van der Waals surface area contributed by atoms with Crippen molar-refractivity contribution in [2.75, 3.05) is 25.1 Å². The van der Waals surface area contributed by atoms with Crippen molar-refractivity contribution in [1.29, 1.82) is 0 Å². The summed E-state index contributed by atoms with van der Waals surface area (Å²) in [4.78, 5) is 0.332. The van der Waals surface area contributed by atoms with E-state index >= 15 is 0 Å². The molecule has 0 aliphatic rings. The van der Waals surface area contributed by atoms with Crippen molar-refractivity contribution in [1.82, 2.24) is 4.72 Å². The molecule has 0 saturated carbocycles. The van der Waals surface area contributed by atoms with Crippen molar-refractivity contribution in [3.8, 4) is 0 Å². The monoisotopic (exact) mass is 316 g/mol. The van der Waals surface area contributed by atoms with Crippen LogP contribution in [-0.2, 0) is 16.4 Å². The summed E-state index contributed by atoms with van der Waals surface area (Å²) < 4.78 is 26.7. The average molecular weight is 316 g/mol. The largest absolute Gasteiger partial charge is 0.330 e. The summed E-state index contributed by atoms with van der Waals surface area (Å²) in [6, 6.07) is 7.04. The quantitative estimate of drug-likeness (QED) is 0.648. The minimum atomic E-state index is -3.37. The number of hydrogen-bond acceptors (Lipinski definition) is 4. The summed E-state index contributed by atoms with van der Waals surface area (Å²) in [5.41, 5.74) is 6.58. The van der Waals surface area contributed by atoms with Gasteiger partial charge in [-0.2, -0.15) is 11.8 Å². The normalized spacial score (nSPS) is 11.7. The van der Waals surface area contributed by atoms with Crippen LogP contribution in [0.2, 0.25) is 0 Å². The van der Waals surface area contributed by atoms with Crippen molar-refractivity contribution in [3.63, 3.8) is 0 Å². The lowest BCUT2D eigenvalue weighted by Gasteiger charge is -2.07. The molecular formula is C14H24N2O2S2. The number of nitrogens with two attached hydrogens (primary N) is 1. The van der Waals surface area contributed by atoms with Gasteiger partial charge in [0.05, 0.1) is 4.90 Å². The van der Waals surface area contributed by atoms with Crippen molar-refractivity contribution in [2.24, 2.45) is 5.73 Å². The molecule has 4 nitrogen and oxygen atoms in total. The number of nitrogens with one attached hydrogen (secondary N) is 1. The second-order valence-corrected chi connectivity index (χ2v) is 7.39. The molecule has 20 heavy (non-hydrogen) atoms. The Hall–Kier alpha value is -0.560. The van der Waals surface area contributed by atoms with Gasteiger partial charge < -0.3 is 5.73 Å². The molecule has 0 aliphatic carbocycles. The lowest BCUT2D eigenvalue weighted by Crippen LogP contribution is -2.24. The maximum Gasteiger partial charge on any atom is 0.240 e. The fourth-order valence-corrected chi connectivity index (χ4v) is 3.37. The van der Waals surface area contributed by atoms with Gasteiger partial charge in [-0.1, -0.05) is 12.1 Å². The fourth-order valence-electron chi connectivity index (χ4n) is 1.80. The minimum Gasteiger partial charge on any atom is -0.330 e. The minimum absolute atomic E-state index is 0.332. The molecular weight excluding hydrogens is 292 g/mol. The van der Waals surface area contributed by atoms with Crippen molar-refractivity contribution in [3.05, 3.63) is 29.8 Å². The highest BCUT2D eigenvalue weighted by atomic mass is 32.2. The first-order valence-electron chi connectivity index (χ1n) is 6.88. The van der Waals surface area contributed by atoms with Gasteiger partial charge in [0.2, 0.25) is 10.0 Å². The molecule has 1 rings (SSSR count). The number of benzene rings is 1. The highest BCUT2D eigenvalue weighted by Crippen LogP contribution is 2.12. The molecule has 6 heteroatoms. The Morgan fingerprint density at radius 3 is 2.45 bits per heavy atom. The third kappa shape index (κ3) is 6.26. The Kier molecular flexibility index (Phi) is 8.21. The third-order valence-electron chi connectivity index (χ3n) is 2.97. The average Bonchev–Trinajstić information content (AvgIpc) is 2.45. The molecule has 0 heterocycles. The number of aryl methyl sites for hydroxylation is 1. The van der Waals surface area contributed by atoms with E-state index in [0.717, 1.165) is 37.0 Å². The summed E-state index contributed by atoms with van der Waals surface area (Å²) in [6.45, 7) is 1.15. The van der Waals surface area contributed by atoms with E-state index in [2.05, 4.69) is 11.0 Å². The summed E-state index contributed by atoms with van der Waals surface area (Å²) in [6.07, 6.45) is 5.76. The van der Waals surface area contributed by atoms with Crippen LogP contribution in [0, 0.1) is 0 Å². The molecule has 0 fully saturated rings. The molecule has 1 aromatic rings.